The van der Waals surface area contributed by atoms with Gasteiger partial charge in [-0.15, -0.1) is 24.0 Å². The van der Waals surface area contributed by atoms with Crippen LogP contribution in [0.1, 0.15) is 22.3 Å². The Morgan fingerprint density at radius 2 is 1.74 bits per heavy atom. The number of nitrogens with one attached hydrogen (secondary N) is 2. The van der Waals surface area contributed by atoms with Gasteiger partial charge in [0.05, 0.1) is 17.0 Å². The van der Waals surface area contributed by atoms with Crippen LogP contribution >= 0.6 is 24.0 Å². The predicted octanol–water partition coefficient (Wildman–Crippen LogP) is 3.75. The summed E-state index contributed by atoms with van der Waals surface area (Å²) in [6, 6.07) is 9.74. The second-order valence-electron chi connectivity index (χ2n) is 6.53. The number of hydrogen-bond donors (Lipinski definition) is 2. The Hall–Kier alpha value is -2.26. The minimum absolute atomic E-state index is 0. The molecule has 0 spiro atoms. The zero-order chi connectivity index (χ0) is 22.4. The molecule has 0 bridgehead atoms. The molecule has 2 rings (SSSR count). The van der Waals surface area contributed by atoms with Crippen molar-refractivity contribution in [2.75, 3.05) is 19.8 Å². The number of halogens is 4. The lowest BCUT2D eigenvalue weighted by Crippen LogP contribution is -2.37. The molecule has 2 aromatic rings. The minimum atomic E-state index is -4.37. The first-order valence-corrected chi connectivity index (χ1v) is 10.8. The van der Waals surface area contributed by atoms with Crippen molar-refractivity contribution in [1.29, 1.82) is 0 Å². The second-order valence-corrected chi connectivity index (χ2v) is 8.51. The number of alkyl halides is 3. The van der Waals surface area contributed by atoms with Crippen molar-refractivity contribution in [1.82, 2.24) is 10.6 Å². The molecule has 0 aliphatic rings. The highest BCUT2D eigenvalue weighted by atomic mass is 127. The first-order chi connectivity index (χ1) is 14.0. The third-order valence-electron chi connectivity index (χ3n) is 4.11. The lowest BCUT2D eigenvalue weighted by Gasteiger charge is -2.11. The Balaban J connectivity index is 0.00000480. The molecule has 2 N–H and O–H groups in total. The van der Waals surface area contributed by atoms with Crippen LogP contribution in [-0.4, -0.2) is 34.2 Å². The molecule has 0 saturated carbocycles. The summed E-state index contributed by atoms with van der Waals surface area (Å²) in [7, 11) is -1.67. The predicted molar refractivity (Wildman–Crippen MR) is 126 cm³/mol. The summed E-state index contributed by atoms with van der Waals surface area (Å²) in [5.74, 6) is 6.10. The lowest BCUT2D eigenvalue weighted by molar-refractivity contribution is -0.137. The van der Waals surface area contributed by atoms with Gasteiger partial charge in [0.1, 0.15) is 0 Å². The van der Waals surface area contributed by atoms with E-state index < -0.39 is 21.6 Å². The molecular weight excluding hydrogens is 542 g/mol. The van der Waals surface area contributed by atoms with E-state index in [1.807, 2.05) is 0 Å². The zero-order valence-corrected chi connectivity index (χ0v) is 20.3. The van der Waals surface area contributed by atoms with E-state index in [1.54, 1.807) is 32.2 Å². The smallest absolute Gasteiger partial charge is 0.352 e. The van der Waals surface area contributed by atoms with Gasteiger partial charge in [-0.3, -0.25) is 4.99 Å². The molecule has 0 saturated heterocycles. The van der Waals surface area contributed by atoms with E-state index >= 15 is 0 Å². The number of nitrogens with zero attached hydrogens (tertiary/aromatic N) is 1. The van der Waals surface area contributed by atoms with Crippen LogP contribution in [0, 0.1) is 18.8 Å². The molecule has 0 aromatic heterocycles. The summed E-state index contributed by atoms with van der Waals surface area (Å²) in [5.41, 5.74) is 1.32. The Kier molecular flexibility index (Phi) is 9.83. The molecule has 0 unspecified atom stereocenters. The number of aryl methyl sites for hydroxylation is 1. The second kappa shape index (κ2) is 11.4. The third-order valence-corrected chi connectivity index (χ3v) is 5.37. The molecule has 0 aliphatic carbocycles. The van der Waals surface area contributed by atoms with Gasteiger partial charge in [-0.1, -0.05) is 24.0 Å². The van der Waals surface area contributed by atoms with Crippen molar-refractivity contribution in [3.8, 4) is 11.8 Å². The largest absolute Gasteiger partial charge is 0.416 e. The van der Waals surface area contributed by atoms with Gasteiger partial charge in [0, 0.05) is 25.4 Å². The van der Waals surface area contributed by atoms with Gasteiger partial charge in [-0.2, -0.15) is 13.2 Å². The van der Waals surface area contributed by atoms with Crippen molar-refractivity contribution >= 4 is 39.8 Å². The monoisotopic (exact) mass is 565 g/mol. The average molecular weight is 565 g/mol. The molecule has 168 valence electrons. The molecule has 31 heavy (non-hydrogen) atoms. The van der Waals surface area contributed by atoms with Gasteiger partial charge in [0.2, 0.25) is 0 Å². The molecule has 5 nitrogen and oxygen atoms in total. The quantitative estimate of drug-likeness (QED) is 0.257. The van der Waals surface area contributed by atoms with Crippen molar-refractivity contribution in [3.63, 3.8) is 0 Å². The van der Waals surface area contributed by atoms with Crippen molar-refractivity contribution in [3.05, 3.63) is 64.7 Å². The number of sulfone groups is 1. The van der Waals surface area contributed by atoms with Gasteiger partial charge in [-0.05, 0) is 48.4 Å². The van der Waals surface area contributed by atoms with Gasteiger partial charge in [-0.25, -0.2) is 8.42 Å². The first kappa shape index (κ1) is 26.8. The van der Waals surface area contributed by atoms with Crippen molar-refractivity contribution in [2.45, 2.75) is 24.5 Å². The molecule has 10 heteroatoms. The van der Waals surface area contributed by atoms with Crippen LogP contribution in [0.25, 0.3) is 0 Å². The van der Waals surface area contributed by atoms with E-state index in [0.717, 1.165) is 17.7 Å². The van der Waals surface area contributed by atoms with E-state index in [2.05, 4.69) is 27.5 Å². The highest BCUT2D eigenvalue weighted by Gasteiger charge is 2.29. The highest BCUT2D eigenvalue weighted by molar-refractivity contribution is 14.0. The van der Waals surface area contributed by atoms with Gasteiger partial charge in [0.25, 0.3) is 0 Å². The van der Waals surface area contributed by atoms with Crippen LogP contribution in [0.4, 0.5) is 13.2 Å². The van der Waals surface area contributed by atoms with Crippen molar-refractivity contribution in [2.24, 2.45) is 4.99 Å². The van der Waals surface area contributed by atoms with Gasteiger partial charge in [0.15, 0.2) is 15.8 Å². The molecule has 0 fully saturated rings. The van der Waals surface area contributed by atoms with E-state index in [-0.39, 0.29) is 30.5 Å². The maximum Gasteiger partial charge on any atom is 0.416 e. The fourth-order valence-electron chi connectivity index (χ4n) is 2.66. The maximum absolute atomic E-state index is 12.6. The lowest BCUT2D eigenvalue weighted by atomic mass is 10.1. The van der Waals surface area contributed by atoms with E-state index in [4.69, 9.17) is 0 Å². The minimum Gasteiger partial charge on any atom is -0.352 e. The fraction of sp³-hybridized carbons (Fsp3) is 0.286. The van der Waals surface area contributed by atoms with E-state index in [1.165, 1.54) is 18.4 Å². The van der Waals surface area contributed by atoms with E-state index in [0.29, 0.717) is 28.5 Å². The number of benzene rings is 2. The SMILES string of the molecule is CN=C(NCC#Cc1ccc(C(F)(F)F)cc1)NCc1ccc(S(C)(=O)=O)c(C)c1.I. The summed E-state index contributed by atoms with van der Waals surface area (Å²) in [6.45, 7) is 2.41. The summed E-state index contributed by atoms with van der Waals surface area (Å²) < 4.78 is 61.0. The standard InChI is InChI=1S/C21H22F3N3O2S.HI/c1-15-13-17(8-11-19(15)30(3,28)29)14-27-20(25-2)26-12-4-5-16-6-9-18(10-7-16)21(22,23)24;/h6-11,13H,12,14H2,1-3H3,(H2,25,26,27);1H. The summed E-state index contributed by atoms with van der Waals surface area (Å²) in [6.07, 6.45) is -3.19. The van der Waals surface area contributed by atoms with Crippen LogP contribution in [-0.2, 0) is 22.6 Å². The topological polar surface area (TPSA) is 70.6 Å². The Morgan fingerprint density at radius 3 is 2.26 bits per heavy atom. The highest BCUT2D eigenvalue weighted by Crippen LogP contribution is 2.28. The Bertz CT molecular complexity index is 1090. The Labute approximate surface area is 197 Å². The number of guanidine groups is 1. The zero-order valence-electron chi connectivity index (χ0n) is 17.2. The molecule has 0 radical (unpaired) electrons. The molecule has 0 atom stereocenters. The van der Waals surface area contributed by atoms with Crippen LogP contribution in [0.3, 0.4) is 0 Å². The summed E-state index contributed by atoms with van der Waals surface area (Å²) in [5, 5.41) is 6.08. The maximum atomic E-state index is 12.6. The third kappa shape index (κ3) is 8.41. The van der Waals surface area contributed by atoms with Crippen LogP contribution in [0.15, 0.2) is 52.4 Å². The van der Waals surface area contributed by atoms with Gasteiger partial charge >= 0.3 is 6.18 Å². The number of hydrogen-bond acceptors (Lipinski definition) is 3. The normalized spacial score (nSPS) is 11.7. The van der Waals surface area contributed by atoms with Gasteiger partial charge < -0.3 is 10.6 Å². The fourth-order valence-corrected chi connectivity index (χ4v) is 3.62. The summed E-state index contributed by atoms with van der Waals surface area (Å²) in [4.78, 5) is 4.37. The molecule has 0 aliphatic heterocycles. The molecular formula is C21H23F3IN3O2S. The average Bonchev–Trinajstić information content (AvgIpc) is 2.66. The van der Waals surface area contributed by atoms with Crippen LogP contribution in [0.2, 0.25) is 0 Å². The molecule has 0 amide bonds. The summed E-state index contributed by atoms with van der Waals surface area (Å²) >= 11 is 0. The number of rotatable bonds is 4. The molecule has 0 heterocycles. The van der Waals surface area contributed by atoms with Crippen LogP contribution < -0.4 is 10.6 Å². The molecule has 2 aromatic carbocycles. The first-order valence-electron chi connectivity index (χ1n) is 8.91. The van der Waals surface area contributed by atoms with Crippen LogP contribution in [0.5, 0.6) is 0 Å². The van der Waals surface area contributed by atoms with Crippen molar-refractivity contribution < 1.29 is 21.6 Å². The Morgan fingerprint density at radius 1 is 1.10 bits per heavy atom. The van der Waals surface area contributed by atoms with E-state index in [9.17, 15) is 21.6 Å². The number of aliphatic imine (C=N–C) groups is 1.